The molecule has 0 aliphatic carbocycles. The van der Waals surface area contributed by atoms with Gasteiger partial charge in [-0.2, -0.15) is 0 Å². The normalized spacial score (nSPS) is 13.6. The van der Waals surface area contributed by atoms with Gasteiger partial charge in [-0.1, -0.05) is 12.1 Å². The molecule has 0 bridgehead atoms. The van der Waals surface area contributed by atoms with E-state index in [4.69, 9.17) is 0 Å². The number of carboxylic acids is 1. The zero-order chi connectivity index (χ0) is 14.1. The summed E-state index contributed by atoms with van der Waals surface area (Å²) in [5, 5.41) is 12.0. The Morgan fingerprint density at radius 1 is 1.25 bits per heavy atom. The number of aromatic carboxylic acids is 1. The van der Waals surface area contributed by atoms with Gasteiger partial charge in [0.1, 0.15) is 6.54 Å². The zero-order valence-electron chi connectivity index (χ0n) is 10.4. The molecule has 100 valence electrons. The lowest BCUT2D eigenvalue weighted by Gasteiger charge is -2.31. The number of para-hydroxylation sites is 2. The number of hydrogen-bond acceptors (Lipinski definition) is 4. The van der Waals surface area contributed by atoms with Gasteiger partial charge in [-0.25, -0.2) is 4.79 Å². The molecule has 1 amide bonds. The number of anilines is 3. The van der Waals surface area contributed by atoms with Crippen molar-refractivity contribution in [3.05, 3.63) is 48.3 Å². The van der Waals surface area contributed by atoms with Crippen LogP contribution in [0, 0.1) is 0 Å². The first-order valence-corrected chi connectivity index (χ1v) is 6.00. The first-order chi connectivity index (χ1) is 9.66. The fourth-order valence-corrected chi connectivity index (χ4v) is 2.23. The van der Waals surface area contributed by atoms with E-state index in [-0.39, 0.29) is 18.0 Å². The number of pyridine rings is 1. The average molecular weight is 269 g/mol. The quantitative estimate of drug-likeness (QED) is 0.869. The summed E-state index contributed by atoms with van der Waals surface area (Å²) >= 11 is 0. The summed E-state index contributed by atoms with van der Waals surface area (Å²) < 4.78 is 0. The molecule has 0 saturated heterocycles. The molecule has 0 unspecified atom stereocenters. The minimum absolute atomic E-state index is 0.0585. The predicted octanol–water partition coefficient (Wildman–Crippen LogP) is 1.87. The molecular formula is C14H11N3O3. The van der Waals surface area contributed by atoms with Crippen molar-refractivity contribution in [2.75, 3.05) is 16.8 Å². The second kappa shape index (κ2) is 4.65. The topological polar surface area (TPSA) is 82.5 Å². The van der Waals surface area contributed by atoms with E-state index in [2.05, 4.69) is 10.3 Å². The molecule has 1 aromatic carbocycles. The van der Waals surface area contributed by atoms with Crippen LogP contribution >= 0.6 is 0 Å². The van der Waals surface area contributed by atoms with Gasteiger partial charge in [0.15, 0.2) is 0 Å². The van der Waals surface area contributed by atoms with Crippen LogP contribution in [0.2, 0.25) is 0 Å². The smallest absolute Gasteiger partial charge is 0.337 e. The summed E-state index contributed by atoms with van der Waals surface area (Å²) in [5.74, 6) is -1.24. The highest BCUT2D eigenvalue weighted by Gasteiger charge is 2.26. The lowest BCUT2D eigenvalue weighted by molar-refractivity contribution is -0.115. The van der Waals surface area contributed by atoms with Crippen LogP contribution in [0.5, 0.6) is 0 Å². The number of carbonyl (C=O) groups is 2. The Hall–Kier alpha value is -2.89. The molecule has 1 aromatic heterocycles. The SMILES string of the molecule is O=C1CN(c2cnccc2C(=O)O)c2ccccc2N1. The van der Waals surface area contributed by atoms with Gasteiger partial charge in [0.05, 0.1) is 28.8 Å². The lowest BCUT2D eigenvalue weighted by atomic mass is 10.1. The summed E-state index contributed by atoms with van der Waals surface area (Å²) in [4.78, 5) is 28.7. The second-order valence-corrected chi connectivity index (χ2v) is 4.35. The van der Waals surface area contributed by atoms with Crippen LogP contribution in [-0.4, -0.2) is 28.5 Å². The molecule has 2 aromatic rings. The van der Waals surface area contributed by atoms with Crippen LogP contribution in [0.4, 0.5) is 17.1 Å². The van der Waals surface area contributed by atoms with E-state index in [1.165, 1.54) is 18.5 Å². The number of nitrogens with one attached hydrogen (secondary N) is 1. The van der Waals surface area contributed by atoms with Gasteiger partial charge >= 0.3 is 5.97 Å². The Morgan fingerprint density at radius 2 is 2.05 bits per heavy atom. The fourth-order valence-electron chi connectivity index (χ4n) is 2.23. The molecule has 0 radical (unpaired) electrons. The summed E-state index contributed by atoms with van der Waals surface area (Å²) in [6.45, 7) is 0.0585. The van der Waals surface area contributed by atoms with E-state index in [0.29, 0.717) is 11.4 Å². The van der Waals surface area contributed by atoms with E-state index in [9.17, 15) is 14.7 Å². The highest BCUT2D eigenvalue weighted by Crippen LogP contribution is 2.35. The van der Waals surface area contributed by atoms with E-state index in [1.807, 2.05) is 18.2 Å². The van der Waals surface area contributed by atoms with Crippen molar-refractivity contribution in [2.45, 2.75) is 0 Å². The van der Waals surface area contributed by atoms with Gasteiger partial charge in [-0.05, 0) is 18.2 Å². The molecule has 20 heavy (non-hydrogen) atoms. The van der Waals surface area contributed by atoms with E-state index >= 15 is 0 Å². The minimum atomic E-state index is -1.05. The van der Waals surface area contributed by atoms with Crippen LogP contribution in [-0.2, 0) is 4.79 Å². The van der Waals surface area contributed by atoms with Crippen LogP contribution < -0.4 is 10.2 Å². The second-order valence-electron chi connectivity index (χ2n) is 4.35. The van der Waals surface area contributed by atoms with Crippen molar-refractivity contribution < 1.29 is 14.7 Å². The average Bonchev–Trinajstić information content (AvgIpc) is 2.46. The summed E-state index contributed by atoms with van der Waals surface area (Å²) in [7, 11) is 0. The number of rotatable bonds is 2. The third-order valence-corrected chi connectivity index (χ3v) is 3.09. The van der Waals surface area contributed by atoms with Crippen molar-refractivity contribution in [2.24, 2.45) is 0 Å². The number of fused-ring (bicyclic) bond motifs is 1. The molecule has 0 spiro atoms. The molecule has 3 rings (SSSR count). The Morgan fingerprint density at radius 3 is 2.85 bits per heavy atom. The standard InChI is InChI=1S/C14H11N3O3/c18-13-8-17(11-4-2-1-3-10(11)16-13)12-7-15-6-5-9(12)14(19)20/h1-7H,8H2,(H,16,18)(H,19,20). The number of amides is 1. The maximum Gasteiger partial charge on any atom is 0.337 e. The predicted molar refractivity (Wildman–Crippen MR) is 73.3 cm³/mol. The summed E-state index contributed by atoms with van der Waals surface area (Å²) in [6.07, 6.45) is 2.88. The molecular weight excluding hydrogens is 258 g/mol. The van der Waals surface area contributed by atoms with Crippen LogP contribution in [0.25, 0.3) is 0 Å². The van der Waals surface area contributed by atoms with Gasteiger partial charge in [0.25, 0.3) is 0 Å². The molecule has 1 aliphatic heterocycles. The fraction of sp³-hybridized carbons (Fsp3) is 0.0714. The van der Waals surface area contributed by atoms with E-state index in [1.54, 1.807) is 11.0 Å². The van der Waals surface area contributed by atoms with Crippen molar-refractivity contribution in [3.63, 3.8) is 0 Å². The monoisotopic (exact) mass is 269 g/mol. The molecule has 1 aliphatic rings. The maximum absolute atomic E-state index is 11.8. The van der Waals surface area contributed by atoms with Crippen molar-refractivity contribution in [1.82, 2.24) is 4.98 Å². The number of carboxylic acid groups (broad SMARTS) is 1. The van der Waals surface area contributed by atoms with Gasteiger partial charge in [-0.15, -0.1) is 0 Å². The van der Waals surface area contributed by atoms with Crippen molar-refractivity contribution in [3.8, 4) is 0 Å². The molecule has 6 nitrogen and oxygen atoms in total. The number of hydrogen-bond donors (Lipinski definition) is 2. The van der Waals surface area contributed by atoms with Gasteiger partial charge in [0.2, 0.25) is 5.91 Å². The van der Waals surface area contributed by atoms with E-state index in [0.717, 1.165) is 5.69 Å². The zero-order valence-corrected chi connectivity index (χ0v) is 10.4. The van der Waals surface area contributed by atoms with Crippen LogP contribution in [0.3, 0.4) is 0 Å². The third-order valence-electron chi connectivity index (χ3n) is 3.09. The molecule has 2 N–H and O–H groups in total. The number of aromatic nitrogens is 1. The Labute approximate surface area is 114 Å². The van der Waals surface area contributed by atoms with Crippen molar-refractivity contribution in [1.29, 1.82) is 0 Å². The first kappa shape index (κ1) is 12.2. The minimum Gasteiger partial charge on any atom is -0.478 e. The molecule has 2 heterocycles. The van der Waals surface area contributed by atoms with Crippen LogP contribution in [0.1, 0.15) is 10.4 Å². The molecule has 0 fully saturated rings. The Kier molecular flexibility index (Phi) is 2.83. The Balaban J connectivity index is 2.16. The molecule has 6 heteroatoms. The van der Waals surface area contributed by atoms with Crippen molar-refractivity contribution >= 4 is 28.9 Å². The van der Waals surface area contributed by atoms with Gasteiger partial charge in [0, 0.05) is 6.20 Å². The third kappa shape index (κ3) is 1.97. The number of nitrogens with zero attached hydrogens (tertiary/aromatic N) is 2. The van der Waals surface area contributed by atoms with Gasteiger partial charge < -0.3 is 15.3 Å². The maximum atomic E-state index is 11.8. The summed E-state index contributed by atoms with van der Waals surface area (Å²) in [6, 6.07) is 8.67. The van der Waals surface area contributed by atoms with Crippen LogP contribution in [0.15, 0.2) is 42.7 Å². The number of benzene rings is 1. The first-order valence-electron chi connectivity index (χ1n) is 6.00. The summed E-state index contributed by atoms with van der Waals surface area (Å²) in [5.41, 5.74) is 1.93. The largest absolute Gasteiger partial charge is 0.478 e. The van der Waals surface area contributed by atoms with E-state index < -0.39 is 5.97 Å². The molecule has 0 saturated carbocycles. The highest BCUT2D eigenvalue weighted by atomic mass is 16.4. The number of carbonyl (C=O) groups excluding carboxylic acids is 1. The Bertz CT molecular complexity index is 700. The van der Waals surface area contributed by atoms with Gasteiger partial charge in [-0.3, -0.25) is 9.78 Å². The lowest BCUT2D eigenvalue weighted by Crippen LogP contribution is -2.35. The molecule has 0 atom stereocenters. The highest BCUT2D eigenvalue weighted by molar-refractivity contribution is 6.05.